The summed E-state index contributed by atoms with van der Waals surface area (Å²) in [5.74, 6) is 1.57. The second kappa shape index (κ2) is 10.6. The number of nitrogens with zero attached hydrogens (tertiary/aromatic N) is 3. The maximum atomic E-state index is 12.8. The molecule has 0 unspecified atom stereocenters. The van der Waals surface area contributed by atoms with Crippen LogP contribution in [0.4, 0.5) is 0 Å². The molecule has 8 heteroatoms. The van der Waals surface area contributed by atoms with Gasteiger partial charge in [0.25, 0.3) is 10.2 Å². The summed E-state index contributed by atoms with van der Waals surface area (Å²) in [7, 11) is -3.35. The quantitative estimate of drug-likeness (QED) is 0.629. The van der Waals surface area contributed by atoms with E-state index in [4.69, 9.17) is 0 Å². The third-order valence-corrected chi connectivity index (χ3v) is 8.72. The van der Waals surface area contributed by atoms with Crippen molar-refractivity contribution in [3.8, 4) is 0 Å². The van der Waals surface area contributed by atoms with Crippen LogP contribution in [0, 0.1) is 17.8 Å². The van der Waals surface area contributed by atoms with Crippen LogP contribution in [0.15, 0.2) is 0 Å². The van der Waals surface area contributed by atoms with Crippen LogP contribution in [0.2, 0.25) is 0 Å². The molecular formula is C21H40N4O3S. The van der Waals surface area contributed by atoms with E-state index in [1.807, 2.05) is 0 Å². The maximum absolute atomic E-state index is 12.8. The van der Waals surface area contributed by atoms with Gasteiger partial charge in [-0.05, 0) is 56.9 Å². The maximum Gasteiger partial charge on any atom is 0.281 e. The molecule has 1 N–H and O–H groups in total. The van der Waals surface area contributed by atoms with Gasteiger partial charge in [-0.3, -0.25) is 4.79 Å². The molecule has 3 saturated heterocycles. The highest BCUT2D eigenvalue weighted by Crippen LogP contribution is 2.24. The minimum atomic E-state index is -3.35. The first-order valence-corrected chi connectivity index (χ1v) is 13.0. The lowest BCUT2D eigenvalue weighted by atomic mass is 9.92. The zero-order valence-corrected chi connectivity index (χ0v) is 19.1. The van der Waals surface area contributed by atoms with E-state index in [2.05, 4.69) is 24.1 Å². The summed E-state index contributed by atoms with van der Waals surface area (Å²) in [5, 5.41) is 3.09. The number of carbonyl (C=O) groups excluding carboxylic acids is 1. The first-order chi connectivity index (χ1) is 13.9. The van der Waals surface area contributed by atoms with Crippen molar-refractivity contribution in [2.24, 2.45) is 17.8 Å². The predicted octanol–water partition coefficient (Wildman–Crippen LogP) is 1.91. The van der Waals surface area contributed by atoms with E-state index in [0.717, 1.165) is 44.1 Å². The molecule has 168 valence electrons. The third kappa shape index (κ3) is 6.39. The molecule has 0 spiro atoms. The first kappa shape index (κ1) is 23.0. The normalized spacial score (nSPS) is 29.0. The van der Waals surface area contributed by atoms with E-state index in [1.165, 1.54) is 19.5 Å². The summed E-state index contributed by atoms with van der Waals surface area (Å²) >= 11 is 0. The molecule has 3 aliphatic heterocycles. The number of likely N-dealkylation sites (tertiary alicyclic amines) is 1. The fourth-order valence-corrected chi connectivity index (χ4v) is 6.96. The van der Waals surface area contributed by atoms with Gasteiger partial charge in [0.15, 0.2) is 0 Å². The number of piperidine rings is 3. The smallest absolute Gasteiger partial charge is 0.281 e. The molecule has 0 bridgehead atoms. The molecule has 3 rings (SSSR count). The minimum Gasteiger partial charge on any atom is -0.356 e. The zero-order chi connectivity index (χ0) is 20.9. The predicted molar refractivity (Wildman–Crippen MR) is 116 cm³/mol. The highest BCUT2D eigenvalue weighted by Gasteiger charge is 2.35. The Morgan fingerprint density at radius 3 is 2.14 bits per heavy atom. The lowest BCUT2D eigenvalue weighted by Gasteiger charge is -2.36. The SMILES string of the molecule is C[C@@H]1C[C@H](C)CN(CCCNC(=O)C2CCN(S(=O)(=O)N3CCCCC3)CC2)C1. The van der Waals surface area contributed by atoms with Gasteiger partial charge in [-0.1, -0.05) is 20.3 Å². The van der Waals surface area contributed by atoms with Gasteiger partial charge in [-0.15, -0.1) is 0 Å². The van der Waals surface area contributed by atoms with Crippen molar-refractivity contribution in [1.82, 2.24) is 18.8 Å². The summed E-state index contributed by atoms with van der Waals surface area (Å²) in [6.45, 7) is 10.9. The fourth-order valence-electron chi connectivity index (χ4n) is 5.24. The number of nitrogens with one attached hydrogen (secondary N) is 1. The monoisotopic (exact) mass is 428 g/mol. The van der Waals surface area contributed by atoms with Crippen molar-refractivity contribution >= 4 is 16.1 Å². The average Bonchev–Trinajstić information content (AvgIpc) is 2.71. The minimum absolute atomic E-state index is 0.0576. The van der Waals surface area contributed by atoms with E-state index in [0.29, 0.717) is 45.6 Å². The van der Waals surface area contributed by atoms with Crippen LogP contribution in [0.25, 0.3) is 0 Å². The third-order valence-electron chi connectivity index (χ3n) is 6.69. The fraction of sp³-hybridized carbons (Fsp3) is 0.952. The zero-order valence-electron chi connectivity index (χ0n) is 18.3. The van der Waals surface area contributed by atoms with Crippen molar-refractivity contribution in [3.05, 3.63) is 0 Å². The summed E-state index contributed by atoms with van der Waals surface area (Å²) in [4.78, 5) is 15.0. The second-order valence-corrected chi connectivity index (χ2v) is 11.4. The number of hydrogen-bond acceptors (Lipinski definition) is 4. The molecular weight excluding hydrogens is 388 g/mol. The van der Waals surface area contributed by atoms with Crippen LogP contribution in [-0.2, 0) is 15.0 Å². The highest BCUT2D eigenvalue weighted by molar-refractivity contribution is 7.86. The average molecular weight is 429 g/mol. The van der Waals surface area contributed by atoms with Crippen LogP contribution in [0.5, 0.6) is 0 Å². The van der Waals surface area contributed by atoms with Crippen LogP contribution in [0.1, 0.15) is 58.8 Å². The van der Waals surface area contributed by atoms with Gasteiger partial charge in [0.05, 0.1) is 0 Å². The molecule has 3 heterocycles. The summed E-state index contributed by atoms with van der Waals surface area (Å²) in [6.07, 6.45) is 6.57. The molecule has 0 aromatic heterocycles. The van der Waals surface area contributed by atoms with Crippen LogP contribution < -0.4 is 5.32 Å². The number of carbonyl (C=O) groups is 1. The van der Waals surface area contributed by atoms with Crippen LogP contribution in [-0.4, -0.2) is 80.2 Å². The van der Waals surface area contributed by atoms with Gasteiger partial charge in [0.2, 0.25) is 5.91 Å². The van der Waals surface area contributed by atoms with Crippen LogP contribution >= 0.6 is 0 Å². The van der Waals surface area contributed by atoms with Crippen molar-refractivity contribution in [1.29, 1.82) is 0 Å². The van der Waals surface area contributed by atoms with E-state index < -0.39 is 10.2 Å². The Labute approximate surface area is 177 Å². The molecule has 29 heavy (non-hydrogen) atoms. The molecule has 3 fully saturated rings. The van der Waals surface area contributed by atoms with Gasteiger partial charge in [-0.25, -0.2) is 0 Å². The Kier molecular flexibility index (Phi) is 8.36. The Morgan fingerprint density at radius 2 is 1.52 bits per heavy atom. The van der Waals surface area contributed by atoms with E-state index in [1.54, 1.807) is 8.61 Å². The lowest BCUT2D eigenvalue weighted by Crippen LogP contribution is -2.50. The van der Waals surface area contributed by atoms with Gasteiger partial charge in [0.1, 0.15) is 0 Å². The number of hydrogen-bond donors (Lipinski definition) is 1. The van der Waals surface area contributed by atoms with E-state index in [9.17, 15) is 13.2 Å². The Bertz CT molecular complexity index is 618. The van der Waals surface area contributed by atoms with Gasteiger partial charge in [0, 0.05) is 51.7 Å². The second-order valence-electron chi connectivity index (χ2n) is 9.49. The largest absolute Gasteiger partial charge is 0.356 e. The van der Waals surface area contributed by atoms with E-state index >= 15 is 0 Å². The molecule has 0 aromatic carbocycles. The summed E-state index contributed by atoms with van der Waals surface area (Å²) < 4.78 is 28.8. The van der Waals surface area contributed by atoms with Crippen molar-refractivity contribution in [3.63, 3.8) is 0 Å². The molecule has 0 radical (unpaired) electrons. The Hall–Kier alpha value is -0.700. The molecule has 7 nitrogen and oxygen atoms in total. The Morgan fingerprint density at radius 1 is 0.931 bits per heavy atom. The lowest BCUT2D eigenvalue weighted by molar-refractivity contribution is -0.126. The highest BCUT2D eigenvalue weighted by atomic mass is 32.2. The molecule has 0 aliphatic carbocycles. The number of amides is 1. The molecule has 0 saturated carbocycles. The van der Waals surface area contributed by atoms with Gasteiger partial charge >= 0.3 is 0 Å². The topological polar surface area (TPSA) is 73.0 Å². The molecule has 0 aromatic rings. The van der Waals surface area contributed by atoms with Crippen molar-refractivity contribution in [2.45, 2.75) is 58.8 Å². The van der Waals surface area contributed by atoms with Crippen molar-refractivity contribution < 1.29 is 13.2 Å². The van der Waals surface area contributed by atoms with Crippen LogP contribution in [0.3, 0.4) is 0 Å². The van der Waals surface area contributed by atoms with E-state index in [-0.39, 0.29) is 11.8 Å². The van der Waals surface area contributed by atoms with Gasteiger partial charge in [-0.2, -0.15) is 17.0 Å². The Balaban J connectivity index is 1.34. The summed E-state index contributed by atoms with van der Waals surface area (Å²) in [6, 6.07) is 0. The number of rotatable bonds is 7. The molecule has 1 amide bonds. The van der Waals surface area contributed by atoms with Gasteiger partial charge < -0.3 is 10.2 Å². The standard InChI is InChI=1S/C21H40N4O3S/c1-18-15-19(2)17-23(16-18)10-6-9-22-21(26)20-7-13-25(14-8-20)29(27,28)24-11-4-3-5-12-24/h18-20H,3-17H2,1-2H3,(H,22,26)/t18-,19+. The molecule has 2 atom stereocenters. The van der Waals surface area contributed by atoms with Crippen molar-refractivity contribution in [2.75, 3.05) is 52.4 Å². The summed E-state index contributed by atoms with van der Waals surface area (Å²) in [5.41, 5.74) is 0. The first-order valence-electron chi connectivity index (χ1n) is 11.6. The molecule has 3 aliphatic rings.